The van der Waals surface area contributed by atoms with Crippen molar-refractivity contribution in [1.82, 2.24) is 20.3 Å². The van der Waals surface area contributed by atoms with Crippen LogP contribution in [0.1, 0.15) is 85.5 Å². The number of amides is 3. The summed E-state index contributed by atoms with van der Waals surface area (Å²) in [7, 11) is -3.87. The molecule has 0 radical (unpaired) electrons. The Balaban J connectivity index is 1.53. The normalized spacial score (nSPS) is 34.2. The summed E-state index contributed by atoms with van der Waals surface area (Å²) in [6, 6.07) is -1.02. The summed E-state index contributed by atoms with van der Waals surface area (Å²) in [6.45, 7) is 7.57. The van der Waals surface area contributed by atoms with Crippen LogP contribution in [-0.4, -0.2) is 83.5 Å². The predicted octanol–water partition coefficient (Wildman–Crippen LogP) is 1.71. The van der Waals surface area contributed by atoms with Crippen molar-refractivity contribution >= 4 is 27.9 Å². The fraction of sp³-hybridized carbons (Fsp3) is 0.815. The van der Waals surface area contributed by atoms with E-state index in [2.05, 4.69) is 15.4 Å². The van der Waals surface area contributed by atoms with Crippen molar-refractivity contribution in [2.75, 3.05) is 13.1 Å². The van der Waals surface area contributed by atoms with Crippen molar-refractivity contribution in [3.05, 3.63) is 12.2 Å². The van der Waals surface area contributed by atoms with Gasteiger partial charge in [0.2, 0.25) is 15.9 Å². The molecule has 220 valence electrons. The largest absolute Gasteiger partial charge is 0.444 e. The molecule has 2 heterocycles. The number of ether oxygens (including phenoxy) is 1. The summed E-state index contributed by atoms with van der Waals surface area (Å²) in [5, 5.41) is 16.3. The molecule has 39 heavy (non-hydrogen) atoms. The average Bonchev–Trinajstić information content (AvgIpc) is 3.68. The van der Waals surface area contributed by atoms with E-state index in [1.54, 1.807) is 27.7 Å². The van der Waals surface area contributed by atoms with E-state index < -0.39 is 56.0 Å². The summed E-state index contributed by atoms with van der Waals surface area (Å²) in [6.07, 6.45) is 8.31. The van der Waals surface area contributed by atoms with Gasteiger partial charge in [-0.25, -0.2) is 13.2 Å². The molecular weight excluding hydrogens is 524 g/mol. The molecule has 0 bridgehead atoms. The molecule has 0 aromatic carbocycles. The van der Waals surface area contributed by atoms with Crippen molar-refractivity contribution in [2.45, 2.75) is 120 Å². The number of hydrogen-bond acceptors (Lipinski definition) is 8. The molecule has 0 unspecified atom stereocenters. The number of nitrogens with zero attached hydrogens (tertiary/aromatic N) is 1. The van der Waals surface area contributed by atoms with Crippen LogP contribution in [-0.2, 0) is 24.3 Å². The van der Waals surface area contributed by atoms with Crippen LogP contribution in [0, 0.1) is 5.92 Å². The van der Waals surface area contributed by atoms with Crippen LogP contribution in [0.5, 0.6) is 0 Å². The number of fused-ring (bicyclic) bond motifs is 2. The van der Waals surface area contributed by atoms with Crippen molar-refractivity contribution in [3.63, 3.8) is 0 Å². The van der Waals surface area contributed by atoms with E-state index >= 15 is 0 Å². The molecule has 0 aromatic rings. The Hall–Kier alpha value is -2.18. The number of carbonyl (C=O) groups excluding carboxylic acids is 3. The van der Waals surface area contributed by atoms with Gasteiger partial charge in [-0.15, -0.1) is 0 Å². The topological polar surface area (TPSA) is 154 Å². The molecule has 4 N–H and O–H groups in total. The lowest BCUT2D eigenvalue weighted by Crippen LogP contribution is -2.57. The zero-order valence-electron chi connectivity index (χ0n) is 23.5. The number of sulfonamides is 1. The smallest absolute Gasteiger partial charge is 0.407 e. The van der Waals surface area contributed by atoms with Crippen LogP contribution >= 0.6 is 0 Å². The SMILES string of the molecule is CC(C)(C)OC(=O)N[C@H]1CCCCC/C=C\[C@@H]2C[C@@]2(C(=O)NS(=O)(=O)C2(C)CC2)NC(=O)[C@@H]2C[C@@H](O)CN2C1. The molecule has 5 atom stereocenters. The molecule has 2 aliphatic carbocycles. The van der Waals surface area contributed by atoms with Gasteiger partial charge in [-0.1, -0.05) is 25.0 Å². The quantitative estimate of drug-likeness (QED) is 0.374. The van der Waals surface area contributed by atoms with Crippen LogP contribution < -0.4 is 15.4 Å². The number of aliphatic hydroxyl groups excluding tert-OH is 1. The Morgan fingerprint density at radius 1 is 1.18 bits per heavy atom. The first-order valence-electron chi connectivity index (χ1n) is 14.1. The van der Waals surface area contributed by atoms with Crippen LogP contribution in [0.3, 0.4) is 0 Å². The number of alkyl carbamates (subject to hydrolysis) is 1. The molecule has 1 saturated heterocycles. The van der Waals surface area contributed by atoms with Crippen molar-refractivity contribution < 1.29 is 32.6 Å². The molecule has 0 aromatic heterocycles. The molecule has 4 rings (SSSR count). The Morgan fingerprint density at radius 2 is 1.90 bits per heavy atom. The third-order valence-corrected chi connectivity index (χ3v) is 10.4. The third kappa shape index (κ3) is 7.13. The maximum Gasteiger partial charge on any atom is 0.407 e. The van der Waals surface area contributed by atoms with Gasteiger partial charge in [0.15, 0.2) is 0 Å². The lowest BCUT2D eigenvalue weighted by atomic mass is 10.1. The first-order chi connectivity index (χ1) is 18.1. The standard InChI is InChI=1S/C27H44N4O7S/c1-25(2,3)38-24(35)28-19-11-9-7-5-6-8-10-18-15-27(18,23(34)30-39(36,37)26(4)12-13-26)29-22(33)21-14-20(32)17-31(21)16-19/h8,10,18-21,32H,5-7,9,11-17H2,1-4H3,(H,28,35)(H,29,33)(H,30,34)/b10-8-/t18-,19+,20-,21+,27-/m1/s1. The fourth-order valence-corrected chi connectivity index (χ4v) is 6.79. The molecule has 4 aliphatic rings. The number of carbonyl (C=O) groups is 3. The van der Waals surface area contributed by atoms with E-state index in [9.17, 15) is 27.9 Å². The van der Waals surface area contributed by atoms with Crippen molar-refractivity contribution in [1.29, 1.82) is 0 Å². The van der Waals surface area contributed by atoms with E-state index in [4.69, 9.17) is 4.74 Å². The van der Waals surface area contributed by atoms with Crippen molar-refractivity contribution in [2.24, 2.45) is 5.92 Å². The monoisotopic (exact) mass is 568 g/mol. The summed E-state index contributed by atoms with van der Waals surface area (Å²) < 4.78 is 32.3. The second kappa shape index (κ2) is 11.0. The molecule has 3 amide bonds. The van der Waals surface area contributed by atoms with Gasteiger partial charge in [0.25, 0.3) is 5.91 Å². The van der Waals surface area contributed by atoms with Gasteiger partial charge < -0.3 is 20.5 Å². The number of allylic oxidation sites excluding steroid dienone is 1. The Kier molecular flexibility index (Phi) is 8.41. The fourth-order valence-electron chi connectivity index (χ4n) is 5.48. The summed E-state index contributed by atoms with van der Waals surface area (Å²) in [5.41, 5.74) is -2.00. The second-order valence-electron chi connectivity index (χ2n) is 12.9. The molecule has 11 nitrogen and oxygen atoms in total. The van der Waals surface area contributed by atoms with Crippen LogP contribution in [0.15, 0.2) is 12.2 Å². The third-order valence-electron chi connectivity index (χ3n) is 8.25. The lowest BCUT2D eigenvalue weighted by Gasteiger charge is -2.30. The average molecular weight is 569 g/mol. The summed E-state index contributed by atoms with van der Waals surface area (Å²) in [5.74, 6) is -1.45. The highest BCUT2D eigenvalue weighted by atomic mass is 32.2. The highest BCUT2D eigenvalue weighted by molar-refractivity contribution is 7.91. The minimum Gasteiger partial charge on any atom is -0.444 e. The summed E-state index contributed by atoms with van der Waals surface area (Å²) >= 11 is 0. The second-order valence-corrected chi connectivity index (χ2v) is 15.1. The zero-order valence-corrected chi connectivity index (χ0v) is 24.3. The molecule has 12 heteroatoms. The van der Waals surface area contributed by atoms with E-state index in [1.165, 1.54) is 0 Å². The Morgan fingerprint density at radius 3 is 2.56 bits per heavy atom. The number of hydrogen-bond donors (Lipinski definition) is 4. The minimum atomic E-state index is -3.87. The van der Waals surface area contributed by atoms with Gasteiger partial charge in [0.05, 0.1) is 16.9 Å². The minimum absolute atomic E-state index is 0.180. The number of rotatable bonds is 4. The van der Waals surface area contributed by atoms with Crippen LogP contribution in [0.2, 0.25) is 0 Å². The van der Waals surface area contributed by atoms with Gasteiger partial charge >= 0.3 is 6.09 Å². The highest BCUT2D eigenvalue weighted by Crippen LogP contribution is 2.47. The van der Waals surface area contributed by atoms with E-state index in [0.29, 0.717) is 32.2 Å². The first-order valence-corrected chi connectivity index (χ1v) is 15.6. The zero-order chi connectivity index (χ0) is 28.6. The maximum atomic E-state index is 13.6. The Bertz CT molecular complexity index is 1100. The maximum absolute atomic E-state index is 13.6. The van der Waals surface area contributed by atoms with E-state index in [1.807, 2.05) is 17.1 Å². The van der Waals surface area contributed by atoms with Gasteiger partial charge in [0.1, 0.15) is 11.1 Å². The number of nitrogens with one attached hydrogen (secondary N) is 3. The van der Waals surface area contributed by atoms with Crippen LogP contribution in [0.4, 0.5) is 4.79 Å². The number of aliphatic hydroxyl groups is 1. The highest BCUT2D eigenvalue weighted by Gasteiger charge is 2.62. The van der Waals surface area contributed by atoms with Gasteiger partial charge in [0, 0.05) is 25.0 Å². The van der Waals surface area contributed by atoms with E-state index in [-0.39, 0.29) is 24.9 Å². The lowest BCUT2D eigenvalue weighted by molar-refractivity contribution is -0.132. The molecular formula is C27H44N4O7S. The first kappa shape index (κ1) is 29.8. The molecule has 3 fully saturated rings. The van der Waals surface area contributed by atoms with Crippen molar-refractivity contribution in [3.8, 4) is 0 Å². The summed E-state index contributed by atoms with van der Waals surface area (Å²) in [4.78, 5) is 41.3. The molecule has 2 saturated carbocycles. The van der Waals surface area contributed by atoms with E-state index in [0.717, 1.165) is 25.7 Å². The molecule has 2 aliphatic heterocycles. The Labute approximate surface area is 231 Å². The predicted molar refractivity (Wildman–Crippen MR) is 145 cm³/mol. The van der Waals surface area contributed by atoms with Gasteiger partial charge in [-0.05, 0) is 72.6 Å². The van der Waals surface area contributed by atoms with Gasteiger partial charge in [-0.2, -0.15) is 0 Å². The van der Waals surface area contributed by atoms with Crippen LogP contribution in [0.25, 0.3) is 0 Å². The molecule has 0 spiro atoms. The van der Waals surface area contributed by atoms with Gasteiger partial charge in [-0.3, -0.25) is 19.2 Å².